The summed E-state index contributed by atoms with van der Waals surface area (Å²) in [5.74, 6) is 0. The van der Waals surface area contributed by atoms with Crippen LogP contribution < -0.4 is 0 Å². The third-order valence-electron chi connectivity index (χ3n) is 2.04. The van der Waals surface area contributed by atoms with Crippen molar-refractivity contribution in [1.29, 1.82) is 0 Å². The number of halogens is 1. The molecular weight excluding hydrogens is 246 g/mol. The molecule has 0 aliphatic rings. The lowest BCUT2D eigenvalue weighted by Gasteiger charge is -2.25. The molecule has 0 N–H and O–H groups in total. The number of rotatable bonds is 4. The summed E-state index contributed by atoms with van der Waals surface area (Å²) in [7, 11) is 5.14. The van der Waals surface area contributed by atoms with Gasteiger partial charge in [-0.1, -0.05) is 29.9 Å². The van der Waals surface area contributed by atoms with Gasteiger partial charge in [0.15, 0.2) is 5.17 Å². The largest absolute Gasteiger partial charge is 0.362 e. The maximum absolute atomic E-state index is 5.82. The number of allylic oxidation sites excluding steroid dienone is 1. The number of methoxy groups -OCH3 is 1. The van der Waals surface area contributed by atoms with Gasteiger partial charge >= 0.3 is 0 Å². The van der Waals surface area contributed by atoms with Gasteiger partial charge in [0.25, 0.3) is 0 Å². The summed E-state index contributed by atoms with van der Waals surface area (Å²) in [5, 5.41) is 1.09. The van der Waals surface area contributed by atoms with E-state index in [-0.39, 0.29) is 6.23 Å². The molecule has 1 unspecified atom stereocenters. The van der Waals surface area contributed by atoms with Gasteiger partial charge < -0.3 is 9.64 Å². The average Bonchev–Trinajstić information content (AvgIpc) is 2.32. The van der Waals surface area contributed by atoms with Crippen LogP contribution in [0, 0.1) is 0 Å². The molecule has 0 aliphatic heterocycles. The van der Waals surface area contributed by atoms with Crippen molar-refractivity contribution in [2.24, 2.45) is 9.98 Å². The van der Waals surface area contributed by atoms with E-state index in [2.05, 4.69) is 16.6 Å². The third kappa shape index (κ3) is 4.55. The number of amidine groups is 1. The number of ether oxygens (including phenoxy) is 1. The van der Waals surface area contributed by atoms with Crippen molar-refractivity contribution in [1.82, 2.24) is 4.90 Å². The maximum atomic E-state index is 5.82. The predicted molar refractivity (Wildman–Crippen MR) is 73.5 cm³/mol. The quantitative estimate of drug-likeness (QED) is 0.444. The zero-order valence-corrected chi connectivity index (χ0v) is 11.9. The summed E-state index contributed by atoms with van der Waals surface area (Å²) in [6.07, 6.45) is 1.87. The van der Waals surface area contributed by atoms with Crippen LogP contribution in [0.1, 0.15) is 6.92 Å². The zero-order chi connectivity index (χ0) is 12.7. The highest BCUT2D eigenvalue weighted by atomic mass is 35.5. The van der Waals surface area contributed by atoms with E-state index in [4.69, 9.17) is 16.3 Å². The van der Waals surface area contributed by atoms with Gasteiger partial charge in [-0.05, 0) is 13.2 Å². The fourth-order valence-corrected chi connectivity index (χ4v) is 1.55. The van der Waals surface area contributed by atoms with Gasteiger partial charge in [0.1, 0.15) is 11.4 Å². The molecule has 0 aromatic heterocycles. The number of aliphatic imine (C=N–C) groups is 2. The second kappa shape index (κ2) is 7.70. The lowest BCUT2D eigenvalue weighted by Crippen LogP contribution is -2.34. The first kappa shape index (κ1) is 15.5. The van der Waals surface area contributed by atoms with E-state index in [1.54, 1.807) is 14.2 Å². The predicted octanol–water partition coefficient (Wildman–Crippen LogP) is 2.41. The molecule has 0 radical (unpaired) electrons. The Morgan fingerprint density at radius 1 is 1.56 bits per heavy atom. The lowest BCUT2D eigenvalue weighted by molar-refractivity contribution is 0.0368. The van der Waals surface area contributed by atoms with Gasteiger partial charge in [-0.2, -0.15) is 0 Å². The van der Waals surface area contributed by atoms with E-state index >= 15 is 0 Å². The second-order valence-electron chi connectivity index (χ2n) is 3.01. The van der Waals surface area contributed by atoms with Crippen LogP contribution in [0.4, 0.5) is 0 Å². The van der Waals surface area contributed by atoms with Gasteiger partial charge in [0, 0.05) is 21.2 Å². The summed E-state index contributed by atoms with van der Waals surface area (Å²) in [5.41, 5.74) is 0.448. The molecule has 0 rings (SSSR count). The molecule has 1 atom stereocenters. The van der Waals surface area contributed by atoms with Crippen molar-refractivity contribution in [2.75, 3.05) is 27.5 Å². The van der Waals surface area contributed by atoms with Crippen LogP contribution in [0.3, 0.4) is 0 Å². The molecule has 16 heavy (non-hydrogen) atoms. The van der Waals surface area contributed by atoms with E-state index < -0.39 is 0 Å². The molecule has 0 fully saturated rings. The van der Waals surface area contributed by atoms with Crippen LogP contribution in [-0.2, 0) is 4.74 Å². The van der Waals surface area contributed by atoms with E-state index in [0.29, 0.717) is 10.9 Å². The number of hydrogen-bond donors (Lipinski definition) is 0. The van der Waals surface area contributed by atoms with Crippen molar-refractivity contribution in [3.05, 3.63) is 12.3 Å². The van der Waals surface area contributed by atoms with E-state index in [1.807, 2.05) is 25.1 Å². The van der Waals surface area contributed by atoms with Crippen LogP contribution in [-0.4, -0.2) is 48.9 Å². The van der Waals surface area contributed by atoms with Crippen molar-refractivity contribution in [2.45, 2.75) is 13.2 Å². The third-order valence-corrected chi connectivity index (χ3v) is 3.17. The highest BCUT2D eigenvalue weighted by Crippen LogP contribution is 2.12. The summed E-state index contributed by atoms with van der Waals surface area (Å²) >= 11 is 7.32. The summed E-state index contributed by atoms with van der Waals surface area (Å²) in [6.45, 7) is 5.68. The van der Waals surface area contributed by atoms with Gasteiger partial charge in [-0.3, -0.25) is 4.99 Å². The second-order valence-corrected chi connectivity index (χ2v) is 4.14. The standard InChI is InChI=1S/C10H18ClN3OS/c1-7(9(11)12-3)13-10(16-6)14(4)8(2)15-5/h8H,1H2,2-6H3. The summed E-state index contributed by atoms with van der Waals surface area (Å²) in [4.78, 5) is 10.0. The molecule has 0 bridgehead atoms. The maximum Gasteiger partial charge on any atom is 0.165 e. The Kier molecular flexibility index (Phi) is 7.45. The molecule has 92 valence electrons. The lowest BCUT2D eigenvalue weighted by atomic mass is 10.5. The number of nitrogens with zero attached hydrogens (tertiary/aromatic N) is 3. The average molecular weight is 264 g/mol. The molecule has 0 aromatic rings. The van der Waals surface area contributed by atoms with Crippen LogP contribution in [0.15, 0.2) is 22.3 Å². The Morgan fingerprint density at radius 3 is 2.50 bits per heavy atom. The summed E-state index contributed by atoms with van der Waals surface area (Å²) < 4.78 is 5.20. The van der Waals surface area contributed by atoms with Crippen molar-refractivity contribution in [3.63, 3.8) is 0 Å². The number of hydrogen-bond acceptors (Lipinski definition) is 4. The number of thioether (sulfide) groups is 1. The Labute approximate surface area is 106 Å². The highest BCUT2D eigenvalue weighted by Gasteiger charge is 2.13. The van der Waals surface area contributed by atoms with Gasteiger partial charge in [0.2, 0.25) is 0 Å². The van der Waals surface area contributed by atoms with E-state index in [0.717, 1.165) is 5.17 Å². The molecule has 0 saturated carbocycles. The topological polar surface area (TPSA) is 37.2 Å². The van der Waals surface area contributed by atoms with Crippen molar-refractivity contribution in [3.8, 4) is 0 Å². The minimum absolute atomic E-state index is 0.0589. The Balaban J connectivity index is 4.85. The normalized spacial score (nSPS) is 14.9. The molecule has 0 spiro atoms. The van der Waals surface area contributed by atoms with E-state index in [1.165, 1.54) is 11.8 Å². The highest BCUT2D eigenvalue weighted by molar-refractivity contribution is 8.13. The Hall–Kier alpha value is -0.520. The summed E-state index contributed by atoms with van der Waals surface area (Å²) in [6, 6.07) is 0. The molecule has 6 heteroatoms. The minimum Gasteiger partial charge on any atom is -0.362 e. The SMILES string of the molecule is C=C(N=C(SC)N(C)C(C)OC)C(Cl)=NC. The van der Waals surface area contributed by atoms with Gasteiger partial charge in [-0.15, -0.1) is 0 Å². The molecule has 0 aliphatic carbocycles. The fraction of sp³-hybridized carbons (Fsp3) is 0.600. The van der Waals surface area contributed by atoms with Gasteiger partial charge in [-0.25, -0.2) is 4.99 Å². The molecule has 4 nitrogen and oxygen atoms in total. The molecule has 0 amide bonds. The molecule has 0 aromatic carbocycles. The monoisotopic (exact) mass is 263 g/mol. The van der Waals surface area contributed by atoms with E-state index in [9.17, 15) is 0 Å². The van der Waals surface area contributed by atoms with Crippen molar-refractivity contribution < 1.29 is 4.74 Å². The molecule has 0 saturated heterocycles. The van der Waals surface area contributed by atoms with Gasteiger partial charge in [0.05, 0.1) is 5.70 Å². The Morgan fingerprint density at radius 2 is 2.12 bits per heavy atom. The first-order valence-electron chi connectivity index (χ1n) is 4.67. The molecule has 0 heterocycles. The van der Waals surface area contributed by atoms with Crippen LogP contribution in [0.2, 0.25) is 0 Å². The fourth-order valence-electron chi connectivity index (χ4n) is 0.873. The zero-order valence-electron chi connectivity index (χ0n) is 10.3. The first-order valence-corrected chi connectivity index (χ1v) is 6.28. The first-order chi connectivity index (χ1) is 7.47. The van der Waals surface area contributed by atoms with Crippen LogP contribution in [0.25, 0.3) is 0 Å². The van der Waals surface area contributed by atoms with Crippen LogP contribution >= 0.6 is 23.4 Å². The minimum atomic E-state index is -0.0589. The Bertz CT molecular complexity index is 304. The van der Waals surface area contributed by atoms with Crippen molar-refractivity contribution >= 4 is 33.7 Å². The smallest absolute Gasteiger partial charge is 0.165 e. The van der Waals surface area contributed by atoms with Crippen LogP contribution in [0.5, 0.6) is 0 Å². The molecular formula is C10H18ClN3OS.